The van der Waals surface area contributed by atoms with Gasteiger partial charge in [-0.1, -0.05) is 40.2 Å². The summed E-state index contributed by atoms with van der Waals surface area (Å²) in [7, 11) is 1.84. The second-order valence-electron chi connectivity index (χ2n) is 6.92. The number of halogens is 1. The molecule has 0 fully saturated rings. The van der Waals surface area contributed by atoms with Crippen LogP contribution >= 0.6 is 15.9 Å². The fraction of sp³-hybridized carbons (Fsp3) is 0.130. The van der Waals surface area contributed by atoms with E-state index < -0.39 is 0 Å². The number of carbonyl (C=O) groups is 1. The SMILES string of the molecule is Cc1nn(C)c(NC(=O)Cc2ccc(-n3cccc3)cc2)c1-c1ccc(Br)cc1. The zero-order valence-corrected chi connectivity index (χ0v) is 17.8. The summed E-state index contributed by atoms with van der Waals surface area (Å²) >= 11 is 3.46. The lowest BCUT2D eigenvalue weighted by atomic mass is 10.1. The topological polar surface area (TPSA) is 51.9 Å². The van der Waals surface area contributed by atoms with Crippen LogP contribution in [0.1, 0.15) is 11.3 Å². The van der Waals surface area contributed by atoms with Crippen LogP contribution in [0.2, 0.25) is 0 Å². The van der Waals surface area contributed by atoms with Gasteiger partial charge < -0.3 is 9.88 Å². The highest BCUT2D eigenvalue weighted by molar-refractivity contribution is 9.10. The number of benzene rings is 2. The van der Waals surface area contributed by atoms with Crippen LogP contribution in [0.5, 0.6) is 0 Å². The van der Waals surface area contributed by atoms with Crippen molar-refractivity contribution < 1.29 is 4.79 Å². The molecule has 5 nitrogen and oxygen atoms in total. The zero-order chi connectivity index (χ0) is 20.4. The molecule has 0 aliphatic rings. The molecule has 0 aliphatic carbocycles. The van der Waals surface area contributed by atoms with Crippen molar-refractivity contribution in [1.82, 2.24) is 14.3 Å². The Morgan fingerprint density at radius 1 is 1.03 bits per heavy atom. The third kappa shape index (κ3) is 4.17. The number of amides is 1. The number of hydrogen-bond donors (Lipinski definition) is 1. The first kappa shape index (κ1) is 19.2. The van der Waals surface area contributed by atoms with Crippen molar-refractivity contribution >= 4 is 27.7 Å². The third-order valence-corrected chi connectivity index (χ3v) is 5.35. The largest absolute Gasteiger partial charge is 0.324 e. The average molecular weight is 449 g/mol. The van der Waals surface area contributed by atoms with E-state index >= 15 is 0 Å². The van der Waals surface area contributed by atoms with Crippen molar-refractivity contribution in [2.24, 2.45) is 7.05 Å². The Morgan fingerprint density at radius 2 is 1.69 bits per heavy atom. The molecule has 2 aromatic heterocycles. The number of nitrogens with zero attached hydrogens (tertiary/aromatic N) is 3. The second-order valence-corrected chi connectivity index (χ2v) is 7.84. The van der Waals surface area contributed by atoms with E-state index in [1.54, 1.807) is 4.68 Å². The molecule has 2 heterocycles. The molecular formula is C23H21BrN4O. The van der Waals surface area contributed by atoms with Gasteiger partial charge in [-0.05, 0) is 54.4 Å². The molecule has 2 aromatic carbocycles. The van der Waals surface area contributed by atoms with Crippen LogP contribution in [-0.2, 0) is 18.3 Å². The fourth-order valence-corrected chi connectivity index (χ4v) is 3.68. The Bertz CT molecular complexity index is 1130. The van der Waals surface area contributed by atoms with Crippen molar-refractivity contribution in [1.29, 1.82) is 0 Å². The summed E-state index contributed by atoms with van der Waals surface area (Å²) in [5.74, 6) is 0.638. The zero-order valence-electron chi connectivity index (χ0n) is 16.3. The molecule has 0 radical (unpaired) electrons. The first-order valence-corrected chi connectivity index (χ1v) is 10.1. The highest BCUT2D eigenvalue weighted by Crippen LogP contribution is 2.32. The van der Waals surface area contributed by atoms with Gasteiger partial charge in [-0.3, -0.25) is 9.48 Å². The predicted octanol–water partition coefficient (Wildman–Crippen LogP) is 5.13. The van der Waals surface area contributed by atoms with Crippen LogP contribution in [-0.4, -0.2) is 20.3 Å². The lowest BCUT2D eigenvalue weighted by Gasteiger charge is -2.10. The van der Waals surface area contributed by atoms with E-state index in [1.165, 1.54) is 0 Å². The Hall–Kier alpha value is -3.12. The molecule has 4 rings (SSSR count). The molecule has 1 N–H and O–H groups in total. The van der Waals surface area contributed by atoms with Crippen molar-refractivity contribution in [2.45, 2.75) is 13.3 Å². The Kier molecular flexibility index (Phi) is 5.36. The van der Waals surface area contributed by atoms with Gasteiger partial charge in [0.1, 0.15) is 5.82 Å². The summed E-state index contributed by atoms with van der Waals surface area (Å²) in [4.78, 5) is 12.7. The van der Waals surface area contributed by atoms with E-state index in [0.29, 0.717) is 12.2 Å². The molecule has 4 aromatic rings. The first-order valence-electron chi connectivity index (χ1n) is 9.33. The minimum atomic E-state index is -0.0694. The minimum absolute atomic E-state index is 0.0694. The van der Waals surface area contributed by atoms with Crippen molar-refractivity contribution in [2.75, 3.05) is 5.32 Å². The molecule has 0 atom stereocenters. The van der Waals surface area contributed by atoms with E-state index in [4.69, 9.17) is 0 Å². The molecule has 146 valence electrons. The van der Waals surface area contributed by atoms with Gasteiger partial charge in [-0.15, -0.1) is 0 Å². The molecule has 1 amide bonds. The number of aromatic nitrogens is 3. The number of hydrogen-bond acceptors (Lipinski definition) is 2. The van der Waals surface area contributed by atoms with Crippen molar-refractivity contribution in [3.05, 3.63) is 88.8 Å². The van der Waals surface area contributed by atoms with E-state index in [9.17, 15) is 4.79 Å². The minimum Gasteiger partial charge on any atom is -0.324 e. The van der Waals surface area contributed by atoms with Crippen LogP contribution < -0.4 is 5.32 Å². The van der Waals surface area contributed by atoms with E-state index in [2.05, 4.69) is 26.3 Å². The van der Waals surface area contributed by atoms with Gasteiger partial charge in [0.15, 0.2) is 0 Å². The van der Waals surface area contributed by atoms with Crippen LogP contribution in [0.15, 0.2) is 77.5 Å². The third-order valence-electron chi connectivity index (χ3n) is 4.82. The standard InChI is InChI=1S/C23H21BrN4O/c1-16-22(18-7-9-19(24)10-8-18)23(27(2)26-16)25-21(29)15-17-5-11-20(12-6-17)28-13-3-4-14-28/h3-14H,15H2,1-2H3,(H,25,29). The summed E-state index contributed by atoms with van der Waals surface area (Å²) in [6, 6.07) is 20.0. The summed E-state index contributed by atoms with van der Waals surface area (Å²) < 4.78 is 4.77. The Balaban J connectivity index is 1.52. The van der Waals surface area contributed by atoms with Gasteiger partial charge in [0.25, 0.3) is 0 Å². The number of nitrogens with one attached hydrogen (secondary N) is 1. The molecule has 0 aliphatic heterocycles. The molecular weight excluding hydrogens is 428 g/mol. The van der Waals surface area contributed by atoms with Crippen LogP contribution in [0.25, 0.3) is 16.8 Å². The quantitative estimate of drug-likeness (QED) is 0.459. The summed E-state index contributed by atoms with van der Waals surface area (Å²) in [6.45, 7) is 1.95. The molecule has 0 saturated heterocycles. The van der Waals surface area contributed by atoms with Gasteiger partial charge in [-0.25, -0.2) is 0 Å². The van der Waals surface area contributed by atoms with Crippen molar-refractivity contribution in [3.8, 4) is 16.8 Å². The molecule has 29 heavy (non-hydrogen) atoms. The first-order chi connectivity index (χ1) is 14.0. The second kappa shape index (κ2) is 8.09. The normalized spacial score (nSPS) is 10.9. The van der Waals surface area contributed by atoms with E-state index in [0.717, 1.165) is 32.5 Å². The van der Waals surface area contributed by atoms with E-state index in [-0.39, 0.29) is 5.91 Å². The average Bonchev–Trinajstić information content (AvgIpc) is 3.32. The van der Waals surface area contributed by atoms with Crippen LogP contribution in [0, 0.1) is 6.92 Å². The van der Waals surface area contributed by atoms with Crippen molar-refractivity contribution in [3.63, 3.8) is 0 Å². The highest BCUT2D eigenvalue weighted by Gasteiger charge is 2.17. The monoisotopic (exact) mass is 448 g/mol. The Labute approximate surface area is 178 Å². The molecule has 0 bridgehead atoms. The smallest absolute Gasteiger partial charge is 0.229 e. The number of rotatable bonds is 5. The van der Waals surface area contributed by atoms with Gasteiger partial charge in [0.2, 0.25) is 5.91 Å². The van der Waals surface area contributed by atoms with Crippen LogP contribution in [0.4, 0.5) is 5.82 Å². The van der Waals surface area contributed by atoms with Gasteiger partial charge >= 0.3 is 0 Å². The van der Waals surface area contributed by atoms with Crippen LogP contribution in [0.3, 0.4) is 0 Å². The maximum absolute atomic E-state index is 12.7. The lowest BCUT2D eigenvalue weighted by molar-refractivity contribution is -0.115. The molecule has 0 spiro atoms. The highest BCUT2D eigenvalue weighted by atomic mass is 79.9. The molecule has 6 heteroatoms. The maximum atomic E-state index is 12.7. The number of aryl methyl sites for hydroxylation is 2. The number of carbonyl (C=O) groups excluding carboxylic acids is 1. The summed E-state index contributed by atoms with van der Waals surface area (Å²) in [6.07, 6.45) is 4.29. The summed E-state index contributed by atoms with van der Waals surface area (Å²) in [5, 5.41) is 7.55. The predicted molar refractivity (Wildman–Crippen MR) is 119 cm³/mol. The van der Waals surface area contributed by atoms with Gasteiger partial charge in [-0.2, -0.15) is 5.10 Å². The lowest BCUT2D eigenvalue weighted by Crippen LogP contribution is -2.17. The summed E-state index contributed by atoms with van der Waals surface area (Å²) in [5.41, 5.74) is 4.86. The molecule has 0 unspecified atom stereocenters. The molecule has 0 saturated carbocycles. The number of anilines is 1. The fourth-order valence-electron chi connectivity index (χ4n) is 3.42. The van der Waals surface area contributed by atoms with Gasteiger partial charge in [0, 0.05) is 35.2 Å². The van der Waals surface area contributed by atoms with E-state index in [1.807, 2.05) is 91.6 Å². The Morgan fingerprint density at radius 3 is 2.34 bits per heavy atom. The maximum Gasteiger partial charge on any atom is 0.229 e. The van der Waals surface area contributed by atoms with Gasteiger partial charge in [0.05, 0.1) is 12.1 Å².